The second-order valence-electron chi connectivity index (χ2n) is 7.66. The summed E-state index contributed by atoms with van der Waals surface area (Å²) in [6.45, 7) is 0. The number of amides is 1. The molecule has 10 heteroatoms. The molecule has 32 heavy (non-hydrogen) atoms. The Kier molecular flexibility index (Phi) is 5.74. The van der Waals surface area contributed by atoms with Gasteiger partial charge in [-0.25, -0.2) is 4.39 Å². The molecule has 0 saturated heterocycles. The molecule has 1 saturated carbocycles. The first-order chi connectivity index (χ1) is 15.4. The standard InChI is InChI=1S/C22H18ClFN6O2/c23-16-3-1-15(2-4-16)11-22(14-31,29-21(13-25)9-10-21)27-20(32)19-12-26-30(28-19)18-7-5-17(24)6-8-18/h1-8,12,14,29H,9-11H2,(H,27,32)/t22-/m1/s1. The lowest BCUT2D eigenvalue weighted by atomic mass is 9.98. The van der Waals surface area contributed by atoms with E-state index in [1.54, 1.807) is 24.3 Å². The van der Waals surface area contributed by atoms with Crippen LogP contribution < -0.4 is 10.6 Å². The van der Waals surface area contributed by atoms with Gasteiger partial charge in [-0.05, 0) is 54.8 Å². The van der Waals surface area contributed by atoms with Gasteiger partial charge in [0.25, 0.3) is 5.91 Å². The van der Waals surface area contributed by atoms with Gasteiger partial charge in [-0.2, -0.15) is 15.2 Å². The lowest BCUT2D eigenvalue weighted by Gasteiger charge is -2.32. The normalized spacial score (nSPS) is 15.9. The number of aromatic nitrogens is 3. The van der Waals surface area contributed by atoms with Crippen molar-refractivity contribution in [3.63, 3.8) is 0 Å². The van der Waals surface area contributed by atoms with Crippen LogP contribution in [0.3, 0.4) is 0 Å². The molecule has 1 heterocycles. The third-order valence-corrected chi connectivity index (χ3v) is 5.39. The van der Waals surface area contributed by atoms with Crippen molar-refractivity contribution in [2.75, 3.05) is 0 Å². The fourth-order valence-electron chi connectivity index (χ4n) is 3.29. The molecule has 0 aliphatic heterocycles. The molecular weight excluding hydrogens is 435 g/mol. The Morgan fingerprint density at radius 2 is 1.94 bits per heavy atom. The molecule has 2 aromatic carbocycles. The summed E-state index contributed by atoms with van der Waals surface area (Å²) in [6.07, 6.45) is 3.05. The van der Waals surface area contributed by atoms with Gasteiger partial charge in [0, 0.05) is 11.4 Å². The van der Waals surface area contributed by atoms with Gasteiger partial charge in [-0.15, -0.1) is 5.10 Å². The van der Waals surface area contributed by atoms with Crippen LogP contribution in [0.25, 0.3) is 5.69 Å². The molecule has 1 aliphatic carbocycles. The number of aldehydes is 1. The van der Waals surface area contributed by atoms with E-state index < -0.39 is 22.9 Å². The van der Waals surface area contributed by atoms with E-state index >= 15 is 0 Å². The van der Waals surface area contributed by atoms with Gasteiger partial charge in [0.15, 0.2) is 17.6 Å². The van der Waals surface area contributed by atoms with E-state index in [-0.39, 0.29) is 12.1 Å². The maximum atomic E-state index is 13.1. The fourth-order valence-corrected chi connectivity index (χ4v) is 3.42. The first-order valence-electron chi connectivity index (χ1n) is 9.78. The summed E-state index contributed by atoms with van der Waals surface area (Å²) >= 11 is 5.95. The molecular formula is C22H18ClFN6O2. The molecule has 0 spiro atoms. The van der Waals surface area contributed by atoms with Crippen LogP contribution in [0.5, 0.6) is 0 Å². The van der Waals surface area contributed by atoms with Gasteiger partial charge in [-0.3, -0.25) is 14.9 Å². The highest BCUT2D eigenvalue weighted by Gasteiger charge is 2.50. The zero-order chi connectivity index (χ0) is 22.8. The van der Waals surface area contributed by atoms with Crippen molar-refractivity contribution in [1.82, 2.24) is 25.6 Å². The van der Waals surface area contributed by atoms with Gasteiger partial charge >= 0.3 is 0 Å². The molecule has 162 valence electrons. The smallest absolute Gasteiger partial charge is 0.275 e. The van der Waals surface area contributed by atoms with E-state index in [1.807, 2.05) is 0 Å². The van der Waals surface area contributed by atoms with Crippen LogP contribution in [0.2, 0.25) is 5.02 Å². The van der Waals surface area contributed by atoms with Crippen molar-refractivity contribution < 1.29 is 14.0 Å². The zero-order valence-corrected chi connectivity index (χ0v) is 17.5. The van der Waals surface area contributed by atoms with Crippen LogP contribution in [0.4, 0.5) is 4.39 Å². The zero-order valence-electron chi connectivity index (χ0n) is 16.8. The molecule has 4 rings (SSSR count). The fraction of sp³-hybridized carbons (Fsp3) is 0.227. The van der Waals surface area contributed by atoms with Crippen LogP contribution >= 0.6 is 11.6 Å². The van der Waals surface area contributed by atoms with E-state index in [1.165, 1.54) is 35.3 Å². The Hall–Kier alpha value is -3.61. The quantitative estimate of drug-likeness (QED) is 0.401. The summed E-state index contributed by atoms with van der Waals surface area (Å²) in [5, 5.41) is 23.9. The minimum absolute atomic E-state index is 0.0414. The highest BCUT2D eigenvalue weighted by Crippen LogP contribution is 2.36. The summed E-state index contributed by atoms with van der Waals surface area (Å²) < 4.78 is 13.1. The van der Waals surface area contributed by atoms with E-state index in [2.05, 4.69) is 26.9 Å². The number of carbonyl (C=O) groups is 2. The Labute approximate surface area is 188 Å². The summed E-state index contributed by atoms with van der Waals surface area (Å²) in [5.74, 6) is -1.06. The van der Waals surface area contributed by atoms with Crippen molar-refractivity contribution >= 4 is 23.8 Å². The number of carbonyl (C=O) groups excluding carboxylic acids is 2. The molecule has 3 aromatic rings. The van der Waals surface area contributed by atoms with Gasteiger partial charge in [0.1, 0.15) is 11.4 Å². The summed E-state index contributed by atoms with van der Waals surface area (Å²) in [7, 11) is 0. The molecule has 1 aromatic heterocycles. The number of rotatable bonds is 8. The largest absolute Gasteiger partial charge is 0.326 e. The minimum atomic E-state index is -1.54. The van der Waals surface area contributed by atoms with Crippen molar-refractivity contribution in [2.45, 2.75) is 30.5 Å². The van der Waals surface area contributed by atoms with Gasteiger partial charge in [0.2, 0.25) is 0 Å². The van der Waals surface area contributed by atoms with Crippen molar-refractivity contribution in [1.29, 1.82) is 5.26 Å². The van der Waals surface area contributed by atoms with Crippen molar-refractivity contribution in [2.24, 2.45) is 0 Å². The SMILES string of the molecule is N#CC1(N[C@@](C=O)(Cc2ccc(Cl)cc2)NC(=O)c2cnn(-c3ccc(F)cc3)n2)CC1. The van der Waals surface area contributed by atoms with Crippen LogP contribution in [-0.4, -0.2) is 38.4 Å². The van der Waals surface area contributed by atoms with Crippen LogP contribution in [0, 0.1) is 17.1 Å². The Balaban J connectivity index is 1.59. The molecule has 1 amide bonds. The van der Waals surface area contributed by atoms with Crippen LogP contribution in [0.15, 0.2) is 54.7 Å². The second kappa shape index (κ2) is 8.49. The third kappa shape index (κ3) is 4.66. The highest BCUT2D eigenvalue weighted by atomic mass is 35.5. The number of nitrogens with zero attached hydrogens (tertiary/aromatic N) is 4. The highest BCUT2D eigenvalue weighted by molar-refractivity contribution is 6.30. The molecule has 2 N–H and O–H groups in total. The molecule has 1 aliphatic rings. The molecule has 0 radical (unpaired) electrons. The van der Waals surface area contributed by atoms with Gasteiger partial charge < -0.3 is 5.32 Å². The van der Waals surface area contributed by atoms with Crippen molar-refractivity contribution in [3.05, 3.63) is 76.8 Å². The van der Waals surface area contributed by atoms with Crippen LogP contribution in [-0.2, 0) is 11.2 Å². The number of nitrogens with one attached hydrogen (secondary N) is 2. The topological polar surface area (TPSA) is 113 Å². The first kappa shape index (κ1) is 21.6. The lowest BCUT2D eigenvalue weighted by Crippen LogP contribution is -2.65. The maximum absolute atomic E-state index is 13.1. The van der Waals surface area contributed by atoms with Crippen LogP contribution in [0.1, 0.15) is 28.9 Å². The Morgan fingerprint density at radius 3 is 2.53 bits per heavy atom. The average molecular weight is 453 g/mol. The second-order valence-corrected chi connectivity index (χ2v) is 8.10. The van der Waals surface area contributed by atoms with E-state index in [4.69, 9.17) is 11.6 Å². The third-order valence-electron chi connectivity index (χ3n) is 5.14. The van der Waals surface area contributed by atoms with E-state index in [0.717, 1.165) is 5.56 Å². The summed E-state index contributed by atoms with van der Waals surface area (Å²) in [5.41, 5.74) is -1.27. The molecule has 1 atom stereocenters. The molecule has 0 unspecified atom stereocenters. The van der Waals surface area contributed by atoms with E-state index in [9.17, 15) is 19.2 Å². The van der Waals surface area contributed by atoms with Crippen molar-refractivity contribution in [3.8, 4) is 11.8 Å². The number of hydrogen-bond acceptors (Lipinski definition) is 6. The predicted octanol–water partition coefficient (Wildman–Crippen LogP) is 2.57. The predicted molar refractivity (Wildman–Crippen MR) is 113 cm³/mol. The first-order valence-corrected chi connectivity index (χ1v) is 10.2. The number of benzene rings is 2. The number of halogens is 2. The number of hydrogen-bond donors (Lipinski definition) is 2. The van der Waals surface area contributed by atoms with Gasteiger partial charge in [-0.1, -0.05) is 23.7 Å². The van der Waals surface area contributed by atoms with Gasteiger partial charge in [0.05, 0.1) is 18.0 Å². The monoisotopic (exact) mass is 452 g/mol. The minimum Gasteiger partial charge on any atom is -0.326 e. The summed E-state index contributed by atoms with van der Waals surface area (Å²) in [6, 6.07) is 14.5. The lowest BCUT2D eigenvalue weighted by molar-refractivity contribution is -0.114. The van der Waals surface area contributed by atoms with E-state index in [0.29, 0.717) is 29.8 Å². The Morgan fingerprint density at radius 1 is 1.25 bits per heavy atom. The summed E-state index contributed by atoms with van der Waals surface area (Å²) in [4.78, 5) is 26.4. The maximum Gasteiger partial charge on any atom is 0.275 e. The molecule has 1 fully saturated rings. The molecule has 8 nitrogen and oxygen atoms in total. The number of nitriles is 1. The average Bonchev–Trinajstić information content (AvgIpc) is 3.38. The Bertz CT molecular complexity index is 1180. The molecule has 0 bridgehead atoms.